The first kappa shape index (κ1) is 14.0. The summed E-state index contributed by atoms with van der Waals surface area (Å²) in [7, 11) is 0. The Hall–Kier alpha value is -2.40. The van der Waals surface area contributed by atoms with Gasteiger partial charge in [0.05, 0.1) is 0 Å². The van der Waals surface area contributed by atoms with Crippen LogP contribution in [0.25, 0.3) is 22.2 Å². The van der Waals surface area contributed by atoms with E-state index < -0.39 is 0 Å². The van der Waals surface area contributed by atoms with E-state index in [0.717, 1.165) is 41.3 Å². The highest BCUT2D eigenvalue weighted by molar-refractivity contribution is 5.81. The summed E-state index contributed by atoms with van der Waals surface area (Å²) >= 11 is 0. The highest BCUT2D eigenvalue weighted by Gasteiger charge is 2.31. The third kappa shape index (κ3) is 2.36. The molecule has 3 saturated heterocycles. The predicted octanol–water partition coefficient (Wildman–Crippen LogP) is 3.17. The van der Waals surface area contributed by atoms with Crippen LogP contribution in [-0.2, 0) is 0 Å². The van der Waals surface area contributed by atoms with Crippen molar-refractivity contribution in [1.29, 1.82) is 0 Å². The van der Waals surface area contributed by atoms with Crippen molar-refractivity contribution < 1.29 is 4.42 Å². The van der Waals surface area contributed by atoms with Crippen LogP contribution in [0.1, 0.15) is 12.8 Å². The molecule has 3 aliphatic heterocycles. The first-order valence-corrected chi connectivity index (χ1v) is 8.67. The van der Waals surface area contributed by atoms with Crippen LogP contribution in [0.5, 0.6) is 0 Å². The zero-order valence-electron chi connectivity index (χ0n) is 13.6. The predicted molar refractivity (Wildman–Crippen MR) is 94.0 cm³/mol. The Morgan fingerprint density at radius 1 is 1.00 bits per heavy atom. The summed E-state index contributed by atoms with van der Waals surface area (Å²) in [6.45, 7) is 4.52. The molecule has 0 amide bonds. The van der Waals surface area contributed by atoms with Crippen LogP contribution < -0.4 is 4.90 Å². The van der Waals surface area contributed by atoms with E-state index in [0.29, 0.717) is 6.04 Å². The Balaban J connectivity index is 1.52. The van der Waals surface area contributed by atoms with Crippen molar-refractivity contribution in [2.45, 2.75) is 18.9 Å². The van der Waals surface area contributed by atoms with Crippen molar-refractivity contribution in [3.05, 3.63) is 42.7 Å². The summed E-state index contributed by atoms with van der Waals surface area (Å²) in [5.74, 6) is 0. The molecule has 3 fully saturated rings. The minimum atomic E-state index is 0.564. The molecule has 24 heavy (non-hydrogen) atoms. The van der Waals surface area contributed by atoms with Gasteiger partial charge in [0.1, 0.15) is 5.52 Å². The average molecular weight is 320 g/mol. The quantitative estimate of drug-likeness (QED) is 0.726. The molecule has 0 N–H and O–H groups in total. The number of pyridine rings is 1. The van der Waals surface area contributed by atoms with Gasteiger partial charge in [0.25, 0.3) is 6.01 Å². The minimum absolute atomic E-state index is 0.564. The number of oxazole rings is 1. The van der Waals surface area contributed by atoms with Crippen LogP contribution in [0.4, 0.5) is 6.01 Å². The van der Waals surface area contributed by atoms with Crippen LogP contribution >= 0.6 is 0 Å². The zero-order valence-corrected chi connectivity index (χ0v) is 13.6. The van der Waals surface area contributed by atoms with Gasteiger partial charge in [0.15, 0.2) is 5.58 Å². The molecule has 5 heterocycles. The molecule has 0 aliphatic carbocycles. The third-order valence-electron chi connectivity index (χ3n) is 5.27. The summed E-state index contributed by atoms with van der Waals surface area (Å²) < 4.78 is 6.09. The van der Waals surface area contributed by atoms with E-state index in [-0.39, 0.29) is 0 Å². The van der Waals surface area contributed by atoms with Gasteiger partial charge in [-0.3, -0.25) is 4.98 Å². The molecule has 0 unspecified atom stereocenters. The van der Waals surface area contributed by atoms with Gasteiger partial charge in [0, 0.05) is 50.2 Å². The van der Waals surface area contributed by atoms with E-state index in [2.05, 4.69) is 33.0 Å². The van der Waals surface area contributed by atoms with Crippen molar-refractivity contribution in [3.63, 3.8) is 0 Å². The fraction of sp³-hybridized carbons (Fsp3) is 0.368. The first-order valence-electron chi connectivity index (χ1n) is 8.67. The van der Waals surface area contributed by atoms with E-state index in [4.69, 9.17) is 9.40 Å². The number of hydrogen-bond donors (Lipinski definition) is 0. The fourth-order valence-corrected chi connectivity index (χ4v) is 3.89. The lowest BCUT2D eigenvalue weighted by atomic mass is 10.1. The summed E-state index contributed by atoms with van der Waals surface area (Å²) in [5.41, 5.74) is 4.01. The number of rotatable bonds is 2. The van der Waals surface area contributed by atoms with E-state index in [1.54, 1.807) is 6.20 Å². The molecule has 0 atom stereocenters. The molecule has 3 aromatic rings. The Morgan fingerprint density at radius 3 is 2.75 bits per heavy atom. The van der Waals surface area contributed by atoms with Gasteiger partial charge in [-0.25, -0.2) is 0 Å². The smallest absolute Gasteiger partial charge is 0.298 e. The van der Waals surface area contributed by atoms with Crippen LogP contribution in [0.3, 0.4) is 0 Å². The maximum Gasteiger partial charge on any atom is 0.298 e. The Labute approximate surface area is 140 Å². The average Bonchev–Trinajstić information content (AvgIpc) is 2.82. The number of hydrogen-bond acceptors (Lipinski definition) is 5. The van der Waals surface area contributed by atoms with Crippen LogP contribution in [0.15, 0.2) is 47.1 Å². The summed E-state index contributed by atoms with van der Waals surface area (Å²) in [4.78, 5) is 13.9. The number of benzene rings is 1. The number of nitrogens with zero attached hydrogens (tertiary/aromatic N) is 4. The van der Waals surface area contributed by atoms with Crippen molar-refractivity contribution in [3.8, 4) is 11.1 Å². The van der Waals surface area contributed by atoms with Gasteiger partial charge in [-0.05, 0) is 36.6 Å². The molecular weight excluding hydrogens is 300 g/mol. The van der Waals surface area contributed by atoms with Gasteiger partial charge in [-0.1, -0.05) is 12.1 Å². The topological polar surface area (TPSA) is 45.4 Å². The maximum absolute atomic E-state index is 6.09. The Kier molecular flexibility index (Phi) is 3.26. The van der Waals surface area contributed by atoms with Crippen molar-refractivity contribution >= 4 is 17.1 Å². The monoisotopic (exact) mass is 320 g/mol. The second-order valence-electron chi connectivity index (χ2n) is 6.69. The fourth-order valence-electron chi connectivity index (χ4n) is 3.89. The van der Waals surface area contributed by atoms with Gasteiger partial charge < -0.3 is 14.2 Å². The van der Waals surface area contributed by atoms with Crippen molar-refractivity contribution in [2.24, 2.45) is 0 Å². The molecule has 0 spiro atoms. The van der Waals surface area contributed by atoms with Crippen LogP contribution in [0, 0.1) is 0 Å². The summed E-state index contributed by atoms with van der Waals surface area (Å²) in [6, 6.07) is 11.6. The summed E-state index contributed by atoms with van der Waals surface area (Å²) in [5, 5.41) is 0. The second-order valence-corrected chi connectivity index (χ2v) is 6.69. The lowest BCUT2D eigenvalue weighted by Crippen LogP contribution is -2.38. The lowest BCUT2D eigenvalue weighted by Gasteiger charge is -2.30. The number of anilines is 1. The number of fused-ring (bicyclic) bond motifs is 5. The molecule has 122 valence electrons. The Bertz CT molecular complexity index is 852. The Morgan fingerprint density at radius 2 is 1.92 bits per heavy atom. The lowest BCUT2D eigenvalue weighted by molar-refractivity contribution is 0.249. The van der Waals surface area contributed by atoms with Gasteiger partial charge in [-0.15, -0.1) is 0 Å². The van der Waals surface area contributed by atoms with Crippen molar-refractivity contribution in [2.75, 3.05) is 31.1 Å². The highest BCUT2D eigenvalue weighted by Crippen LogP contribution is 2.31. The first-order chi connectivity index (χ1) is 11.9. The molecular formula is C19H20N4O. The van der Waals surface area contributed by atoms with E-state index in [9.17, 15) is 0 Å². The standard InChI is InChI=1S/C19H20N4O/c1-2-15(13-20-7-1)14-3-4-18-17(12-14)21-19(24-18)23-11-10-22-8-5-16(23)6-9-22/h1-4,7,12-13,16H,5-6,8-11H2. The van der Waals surface area contributed by atoms with Gasteiger partial charge in [-0.2, -0.15) is 4.98 Å². The van der Waals surface area contributed by atoms with E-state index in [1.165, 1.54) is 25.9 Å². The highest BCUT2D eigenvalue weighted by atomic mass is 16.4. The molecule has 5 nitrogen and oxygen atoms in total. The van der Waals surface area contributed by atoms with Crippen LogP contribution in [-0.4, -0.2) is 47.1 Å². The van der Waals surface area contributed by atoms with Crippen LogP contribution in [0.2, 0.25) is 0 Å². The van der Waals surface area contributed by atoms with E-state index in [1.807, 2.05) is 18.3 Å². The molecule has 6 rings (SSSR count). The zero-order chi connectivity index (χ0) is 15.9. The molecule has 2 bridgehead atoms. The second kappa shape index (κ2) is 5.60. The normalized spacial score (nSPS) is 23.6. The van der Waals surface area contributed by atoms with Gasteiger partial charge >= 0.3 is 0 Å². The SMILES string of the molecule is c1cncc(-c2ccc3oc(N4CCN5CCC4CC5)nc3c2)c1. The molecule has 0 saturated carbocycles. The van der Waals surface area contributed by atoms with Crippen molar-refractivity contribution in [1.82, 2.24) is 14.9 Å². The maximum atomic E-state index is 6.09. The molecule has 1 aromatic carbocycles. The van der Waals surface area contributed by atoms with E-state index >= 15 is 0 Å². The molecule has 5 heteroatoms. The molecule has 2 aromatic heterocycles. The largest absolute Gasteiger partial charge is 0.423 e. The minimum Gasteiger partial charge on any atom is -0.423 e. The number of aromatic nitrogens is 2. The summed E-state index contributed by atoms with van der Waals surface area (Å²) in [6.07, 6.45) is 6.09. The third-order valence-corrected chi connectivity index (χ3v) is 5.27. The number of piperidine rings is 1. The van der Waals surface area contributed by atoms with Gasteiger partial charge in [0.2, 0.25) is 0 Å². The molecule has 3 aliphatic rings. The molecule has 0 radical (unpaired) electrons.